The molecule has 4 nitrogen and oxygen atoms in total. The van der Waals surface area contributed by atoms with Crippen molar-refractivity contribution < 1.29 is 19.1 Å². The van der Waals surface area contributed by atoms with Gasteiger partial charge in [-0.05, 0) is 24.0 Å². The van der Waals surface area contributed by atoms with E-state index in [4.69, 9.17) is 9.47 Å². The molecule has 0 atom stereocenters. The standard InChI is InChI=1S/C17H18O4/c18-16(20-12-14-7-3-1-4-8-14)11-17(19)21-13-15-9-5-2-6-10-15/h1,3-5,7-10H,2,6,11-13H2. The molecule has 0 N–H and O–H groups in total. The number of allylic oxidation sites excluding steroid dienone is 2. The van der Waals surface area contributed by atoms with E-state index in [9.17, 15) is 9.59 Å². The molecule has 0 heterocycles. The molecule has 0 unspecified atom stereocenters. The smallest absolute Gasteiger partial charge is 0.317 e. The fourth-order valence-electron chi connectivity index (χ4n) is 1.90. The van der Waals surface area contributed by atoms with Crippen LogP contribution in [0.4, 0.5) is 0 Å². The molecule has 0 saturated heterocycles. The molecule has 0 spiro atoms. The Bertz CT molecular complexity index is 543. The lowest BCUT2D eigenvalue weighted by Crippen LogP contribution is -2.15. The first-order chi connectivity index (χ1) is 10.2. The maximum atomic E-state index is 11.5. The van der Waals surface area contributed by atoms with Crippen LogP contribution in [-0.2, 0) is 25.7 Å². The summed E-state index contributed by atoms with van der Waals surface area (Å²) in [6.07, 6.45) is 7.62. The van der Waals surface area contributed by atoms with Crippen LogP contribution in [0.3, 0.4) is 0 Å². The minimum Gasteiger partial charge on any atom is -0.460 e. The number of benzene rings is 1. The van der Waals surface area contributed by atoms with Gasteiger partial charge in [-0.1, -0.05) is 48.6 Å². The number of esters is 2. The van der Waals surface area contributed by atoms with Gasteiger partial charge in [-0.15, -0.1) is 0 Å². The highest BCUT2D eigenvalue weighted by atomic mass is 16.6. The molecule has 21 heavy (non-hydrogen) atoms. The lowest BCUT2D eigenvalue weighted by molar-refractivity contribution is -0.154. The molecule has 0 aromatic heterocycles. The zero-order valence-electron chi connectivity index (χ0n) is 11.8. The van der Waals surface area contributed by atoms with Crippen molar-refractivity contribution in [2.75, 3.05) is 6.61 Å². The van der Waals surface area contributed by atoms with Crippen LogP contribution in [0.1, 0.15) is 24.8 Å². The number of carbonyl (C=O) groups excluding carboxylic acids is 2. The molecule has 0 aliphatic heterocycles. The van der Waals surface area contributed by atoms with Gasteiger partial charge in [0.2, 0.25) is 0 Å². The first-order valence-electron chi connectivity index (χ1n) is 6.95. The molecule has 0 amide bonds. The molecule has 0 bridgehead atoms. The third-order valence-electron chi connectivity index (χ3n) is 3.00. The van der Waals surface area contributed by atoms with E-state index in [1.807, 2.05) is 48.6 Å². The molecular weight excluding hydrogens is 268 g/mol. The normalized spacial score (nSPS) is 13.4. The monoisotopic (exact) mass is 286 g/mol. The predicted octanol–water partition coefficient (Wildman–Crippen LogP) is 2.94. The Morgan fingerprint density at radius 2 is 1.67 bits per heavy atom. The molecule has 110 valence electrons. The van der Waals surface area contributed by atoms with Gasteiger partial charge in [0.05, 0.1) is 0 Å². The highest BCUT2D eigenvalue weighted by molar-refractivity contribution is 5.91. The van der Waals surface area contributed by atoms with Crippen molar-refractivity contribution in [3.8, 4) is 0 Å². The summed E-state index contributed by atoms with van der Waals surface area (Å²) in [6.45, 7) is 0.377. The second kappa shape index (κ2) is 8.04. The fraction of sp³-hybridized carbons (Fsp3) is 0.294. The van der Waals surface area contributed by atoms with Crippen molar-refractivity contribution in [1.29, 1.82) is 0 Å². The average Bonchev–Trinajstić information content (AvgIpc) is 2.53. The van der Waals surface area contributed by atoms with E-state index in [1.54, 1.807) is 0 Å². The minimum absolute atomic E-state index is 0.168. The van der Waals surface area contributed by atoms with E-state index in [0.29, 0.717) is 0 Å². The van der Waals surface area contributed by atoms with Gasteiger partial charge < -0.3 is 9.47 Å². The summed E-state index contributed by atoms with van der Waals surface area (Å²) in [5.41, 5.74) is 1.85. The fourth-order valence-corrected chi connectivity index (χ4v) is 1.90. The van der Waals surface area contributed by atoms with Crippen LogP contribution in [0.2, 0.25) is 0 Å². The van der Waals surface area contributed by atoms with E-state index >= 15 is 0 Å². The number of rotatable bonds is 6. The van der Waals surface area contributed by atoms with Crippen molar-refractivity contribution in [3.63, 3.8) is 0 Å². The van der Waals surface area contributed by atoms with Gasteiger partial charge in [0, 0.05) is 0 Å². The molecule has 0 fully saturated rings. The van der Waals surface area contributed by atoms with Crippen molar-refractivity contribution in [1.82, 2.24) is 0 Å². The third-order valence-corrected chi connectivity index (χ3v) is 3.00. The van der Waals surface area contributed by atoms with E-state index in [0.717, 1.165) is 24.0 Å². The van der Waals surface area contributed by atoms with Crippen LogP contribution in [-0.4, -0.2) is 18.5 Å². The van der Waals surface area contributed by atoms with Crippen molar-refractivity contribution >= 4 is 11.9 Å². The number of hydrogen-bond acceptors (Lipinski definition) is 4. The largest absolute Gasteiger partial charge is 0.460 e. The summed E-state index contributed by atoms with van der Waals surface area (Å²) in [5, 5.41) is 0. The van der Waals surface area contributed by atoms with Gasteiger partial charge in [-0.25, -0.2) is 0 Å². The Balaban J connectivity index is 1.66. The summed E-state index contributed by atoms with van der Waals surface area (Å²) < 4.78 is 10.1. The van der Waals surface area contributed by atoms with Gasteiger partial charge >= 0.3 is 11.9 Å². The minimum atomic E-state index is -0.572. The summed E-state index contributed by atoms with van der Waals surface area (Å²) in [5.74, 6) is -1.13. The SMILES string of the molecule is O=C(CC(=O)OCc1ccccc1)OCC1=CCCC=C1. The zero-order valence-corrected chi connectivity index (χ0v) is 11.8. The van der Waals surface area contributed by atoms with Crippen molar-refractivity contribution in [2.24, 2.45) is 0 Å². The van der Waals surface area contributed by atoms with Crippen molar-refractivity contribution in [2.45, 2.75) is 25.9 Å². The number of ether oxygens (including phenoxy) is 2. The average molecular weight is 286 g/mol. The summed E-state index contributed by atoms with van der Waals surface area (Å²) in [7, 11) is 0. The van der Waals surface area contributed by atoms with Crippen LogP contribution < -0.4 is 0 Å². The van der Waals surface area contributed by atoms with Crippen molar-refractivity contribution in [3.05, 3.63) is 59.7 Å². The highest BCUT2D eigenvalue weighted by Gasteiger charge is 2.12. The van der Waals surface area contributed by atoms with Crippen LogP contribution in [0.5, 0.6) is 0 Å². The highest BCUT2D eigenvalue weighted by Crippen LogP contribution is 2.10. The quantitative estimate of drug-likeness (QED) is 0.596. The molecular formula is C17H18O4. The molecule has 2 rings (SSSR count). The van der Waals surface area contributed by atoms with Crippen LogP contribution in [0, 0.1) is 0 Å². The van der Waals surface area contributed by atoms with E-state index in [-0.39, 0.29) is 19.6 Å². The first kappa shape index (κ1) is 15.0. The van der Waals surface area contributed by atoms with Gasteiger partial charge in [0.1, 0.15) is 19.6 Å². The molecule has 4 heteroatoms. The summed E-state index contributed by atoms with van der Waals surface area (Å²) >= 11 is 0. The topological polar surface area (TPSA) is 52.6 Å². The Morgan fingerprint density at radius 1 is 0.952 bits per heavy atom. The van der Waals surface area contributed by atoms with Gasteiger partial charge in [-0.2, -0.15) is 0 Å². The first-order valence-corrected chi connectivity index (χ1v) is 6.95. The van der Waals surface area contributed by atoms with E-state index in [1.165, 1.54) is 0 Å². The predicted molar refractivity (Wildman–Crippen MR) is 78.3 cm³/mol. The molecule has 1 aliphatic rings. The maximum Gasteiger partial charge on any atom is 0.317 e. The van der Waals surface area contributed by atoms with E-state index in [2.05, 4.69) is 0 Å². The lowest BCUT2D eigenvalue weighted by Gasteiger charge is -2.08. The lowest BCUT2D eigenvalue weighted by atomic mass is 10.1. The van der Waals surface area contributed by atoms with Gasteiger partial charge in [0.25, 0.3) is 0 Å². The molecule has 1 aliphatic carbocycles. The summed E-state index contributed by atoms with van der Waals surface area (Å²) in [6, 6.07) is 9.32. The summed E-state index contributed by atoms with van der Waals surface area (Å²) in [4.78, 5) is 23.1. The number of carbonyl (C=O) groups is 2. The van der Waals surface area contributed by atoms with Crippen LogP contribution in [0.25, 0.3) is 0 Å². The molecule has 0 radical (unpaired) electrons. The molecule has 1 aromatic carbocycles. The second-order valence-electron chi connectivity index (χ2n) is 4.74. The maximum absolute atomic E-state index is 11.5. The van der Waals surface area contributed by atoms with Gasteiger partial charge in [0.15, 0.2) is 0 Å². The second-order valence-corrected chi connectivity index (χ2v) is 4.74. The molecule has 0 saturated carbocycles. The molecule has 1 aromatic rings. The zero-order chi connectivity index (χ0) is 14.9. The van der Waals surface area contributed by atoms with E-state index < -0.39 is 11.9 Å². The Hall–Kier alpha value is -2.36. The third kappa shape index (κ3) is 5.65. The van der Waals surface area contributed by atoms with Crippen LogP contribution >= 0.6 is 0 Å². The Morgan fingerprint density at radius 3 is 2.33 bits per heavy atom. The Kier molecular flexibility index (Phi) is 5.76. The Labute approximate surface area is 124 Å². The van der Waals surface area contributed by atoms with Crippen LogP contribution in [0.15, 0.2) is 54.1 Å². The number of hydrogen-bond donors (Lipinski definition) is 0. The van der Waals surface area contributed by atoms with Gasteiger partial charge in [-0.3, -0.25) is 9.59 Å².